The summed E-state index contributed by atoms with van der Waals surface area (Å²) in [7, 11) is 1.63. The van der Waals surface area contributed by atoms with E-state index in [2.05, 4.69) is 22.6 Å². The highest BCUT2D eigenvalue weighted by molar-refractivity contribution is 14.1. The van der Waals surface area contributed by atoms with Crippen LogP contribution in [-0.2, 0) is 6.61 Å². The van der Waals surface area contributed by atoms with Gasteiger partial charge in [0, 0.05) is 35.4 Å². The van der Waals surface area contributed by atoms with E-state index in [1.807, 2.05) is 36.4 Å². The lowest BCUT2D eigenvalue weighted by Gasteiger charge is -2.49. The number of carbonyl (C=O) groups excluding carboxylic acids is 1. The third kappa shape index (κ3) is 5.15. The summed E-state index contributed by atoms with van der Waals surface area (Å²) in [4.78, 5) is 28.4. The Morgan fingerprint density at radius 2 is 1.62 bits per heavy atom. The van der Waals surface area contributed by atoms with Crippen LogP contribution in [0.4, 0.5) is 8.78 Å². The van der Waals surface area contributed by atoms with Crippen LogP contribution in [0.5, 0.6) is 11.5 Å². The number of halogens is 3. The van der Waals surface area contributed by atoms with Crippen molar-refractivity contribution in [3.63, 3.8) is 0 Å². The fourth-order valence-electron chi connectivity index (χ4n) is 4.99. The number of aromatic nitrogens is 1. The van der Waals surface area contributed by atoms with Crippen LogP contribution in [0.1, 0.15) is 39.6 Å². The summed E-state index contributed by atoms with van der Waals surface area (Å²) in [6.45, 7) is 0.0628. The highest BCUT2D eigenvalue weighted by Crippen LogP contribution is 2.39. The van der Waals surface area contributed by atoms with E-state index in [9.17, 15) is 23.5 Å². The van der Waals surface area contributed by atoms with Gasteiger partial charge in [0.25, 0.3) is 5.91 Å². The van der Waals surface area contributed by atoms with Crippen LogP contribution in [0, 0.1) is 11.6 Å². The lowest BCUT2D eigenvalue weighted by molar-refractivity contribution is 0.0610. The normalized spacial score (nSPS) is 15.6. The van der Waals surface area contributed by atoms with Crippen molar-refractivity contribution in [2.45, 2.75) is 25.2 Å². The molecule has 0 aliphatic carbocycles. The molecule has 1 aliphatic heterocycles. The lowest BCUT2D eigenvalue weighted by atomic mass is 9.95. The molecule has 0 saturated carbocycles. The number of phenols is 1. The minimum absolute atomic E-state index is 0.00126. The Morgan fingerprint density at radius 3 is 2.30 bits per heavy atom. The molecule has 1 aromatic heterocycles. The number of pyridine rings is 1. The summed E-state index contributed by atoms with van der Waals surface area (Å²) in [5.74, 6) is -3.28. The number of aromatic hydroxyl groups is 1. The van der Waals surface area contributed by atoms with Crippen molar-refractivity contribution >= 4 is 28.5 Å². The molecular formula is C30H26F2IN3O4. The maximum atomic E-state index is 14.6. The number of hydrogen-bond acceptors (Lipinski definition) is 5. The van der Waals surface area contributed by atoms with E-state index in [4.69, 9.17) is 4.74 Å². The Morgan fingerprint density at radius 1 is 0.975 bits per heavy atom. The van der Waals surface area contributed by atoms with Gasteiger partial charge in [0.1, 0.15) is 24.6 Å². The fraction of sp³-hybridized carbons (Fsp3) is 0.200. The monoisotopic (exact) mass is 657 g/mol. The van der Waals surface area contributed by atoms with E-state index >= 15 is 0 Å². The quantitative estimate of drug-likeness (QED) is 0.204. The van der Waals surface area contributed by atoms with Crippen LogP contribution >= 0.6 is 22.6 Å². The summed E-state index contributed by atoms with van der Waals surface area (Å²) < 4.78 is 36.9. The third-order valence-electron chi connectivity index (χ3n) is 6.90. The number of alkyl halides is 1. The first-order chi connectivity index (χ1) is 19.3. The molecule has 40 heavy (non-hydrogen) atoms. The van der Waals surface area contributed by atoms with Crippen molar-refractivity contribution in [3.05, 3.63) is 129 Å². The van der Waals surface area contributed by atoms with Gasteiger partial charge in [0.15, 0.2) is 23.1 Å². The molecule has 2 heterocycles. The summed E-state index contributed by atoms with van der Waals surface area (Å²) in [5.41, 5.74) is 1.10. The average molecular weight is 657 g/mol. The van der Waals surface area contributed by atoms with Crippen LogP contribution in [0.25, 0.3) is 0 Å². The number of hydrogen-bond donors (Lipinski definition) is 1. The zero-order chi connectivity index (χ0) is 28.4. The van der Waals surface area contributed by atoms with Crippen LogP contribution in [-0.4, -0.2) is 38.2 Å². The second-order valence-corrected chi connectivity index (χ2v) is 10.4. The molecule has 7 nitrogen and oxygen atoms in total. The van der Waals surface area contributed by atoms with E-state index in [0.717, 1.165) is 17.7 Å². The molecule has 1 aliphatic rings. The number of carbonyl (C=O) groups is 1. The van der Waals surface area contributed by atoms with Gasteiger partial charge in [-0.05, 0) is 23.6 Å². The molecule has 0 saturated heterocycles. The standard InChI is InChI=1S/C30H26F2IN3O4/c1-34-26(12-14-33)36(27(20-10-6-3-7-11-20)21-16-22(31)23(32)17-25(21)38)35-15-13-24(37)29(28(35)30(34)39)40-18-19-8-4-2-5-9-19/h2-11,13,15-17,26-27,38H,12,14,18H2,1H3/t26-,27+/m0/s1. The van der Waals surface area contributed by atoms with Gasteiger partial charge in [0.05, 0.1) is 0 Å². The molecule has 1 N–H and O–H groups in total. The topological polar surface area (TPSA) is 75.0 Å². The number of amides is 1. The van der Waals surface area contributed by atoms with Crippen LogP contribution in [0.3, 0.4) is 0 Å². The van der Waals surface area contributed by atoms with E-state index < -0.39 is 40.9 Å². The number of benzene rings is 3. The molecule has 10 heteroatoms. The van der Waals surface area contributed by atoms with E-state index in [0.29, 0.717) is 16.4 Å². The van der Waals surface area contributed by atoms with E-state index in [1.165, 1.54) is 17.2 Å². The summed E-state index contributed by atoms with van der Waals surface area (Å²) in [6.07, 6.45) is 1.41. The maximum absolute atomic E-state index is 14.6. The minimum atomic E-state index is -1.18. The first kappa shape index (κ1) is 27.6. The Kier molecular flexibility index (Phi) is 8.06. The average Bonchev–Trinajstić information content (AvgIpc) is 2.96. The van der Waals surface area contributed by atoms with Crippen molar-refractivity contribution < 1.29 is 23.4 Å². The van der Waals surface area contributed by atoms with Gasteiger partial charge >= 0.3 is 0 Å². The molecule has 5 rings (SSSR count). The predicted octanol–water partition coefficient (Wildman–Crippen LogP) is 5.38. The van der Waals surface area contributed by atoms with Crippen LogP contribution < -0.4 is 15.2 Å². The summed E-state index contributed by atoms with van der Waals surface area (Å²) in [5, 5.41) is 12.7. The molecule has 0 bridgehead atoms. The highest BCUT2D eigenvalue weighted by atomic mass is 127. The highest BCUT2D eigenvalue weighted by Gasteiger charge is 2.42. The third-order valence-corrected chi connectivity index (χ3v) is 7.52. The minimum Gasteiger partial charge on any atom is -0.507 e. The molecule has 0 spiro atoms. The van der Waals surface area contributed by atoms with Crippen molar-refractivity contribution in [1.29, 1.82) is 0 Å². The molecule has 1 amide bonds. The predicted molar refractivity (Wildman–Crippen MR) is 155 cm³/mol. The number of rotatable bonds is 8. The van der Waals surface area contributed by atoms with Crippen molar-refractivity contribution in [3.8, 4) is 11.5 Å². The van der Waals surface area contributed by atoms with Crippen molar-refractivity contribution in [1.82, 2.24) is 9.58 Å². The largest absolute Gasteiger partial charge is 0.507 e. The fourth-order valence-corrected chi connectivity index (χ4v) is 5.55. The van der Waals surface area contributed by atoms with E-state index in [1.54, 1.807) is 41.0 Å². The zero-order valence-electron chi connectivity index (χ0n) is 21.5. The first-order valence-electron chi connectivity index (χ1n) is 12.6. The van der Waals surface area contributed by atoms with Crippen LogP contribution in [0.2, 0.25) is 0 Å². The van der Waals surface area contributed by atoms with Gasteiger partial charge in [-0.2, -0.15) is 0 Å². The van der Waals surface area contributed by atoms with E-state index in [-0.39, 0.29) is 23.6 Å². The molecule has 0 fully saturated rings. The summed E-state index contributed by atoms with van der Waals surface area (Å²) >= 11 is 2.21. The molecule has 3 aromatic carbocycles. The lowest BCUT2D eigenvalue weighted by Crippen LogP contribution is -2.61. The Bertz CT molecular complexity index is 1580. The number of nitrogens with zero attached hydrogens (tertiary/aromatic N) is 3. The van der Waals surface area contributed by atoms with Gasteiger partial charge < -0.3 is 14.7 Å². The molecule has 0 radical (unpaired) electrons. The smallest absolute Gasteiger partial charge is 0.277 e. The Hall–Kier alpha value is -3.93. The zero-order valence-corrected chi connectivity index (χ0v) is 23.7. The molecule has 2 atom stereocenters. The first-order valence-corrected chi connectivity index (χ1v) is 14.1. The second-order valence-electron chi connectivity index (χ2n) is 9.37. The molecule has 4 aromatic rings. The van der Waals surface area contributed by atoms with Gasteiger partial charge in [-0.15, -0.1) is 0 Å². The Labute approximate surface area is 243 Å². The van der Waals surface area contributed by atoms with Gasteiger partial charge in [-0.25, -0.2) is 8.78 Å². The van der Waals surface area contributed by atoms with Crippen molar-refractivity contribution in [2.75, 3.05) is 16.5 Å². The maximum Gasteiger partial charge on any atom is 0.277 e. The van der Waals surface area contributed by atoms with Gasteiger partial charge in [-0.1, -0.05) is 83.3 Å². The van der Waals surface area contributed by atoms with Gasteiger partial charge in [-0.3, -0.25) is 19.3 Å². The number of fused-ring (bicyclic) bond motifs is 1. The molecule has 206 valence electrons. The number of ether oxygens (including phenoxy) is 1. The second kappa shape index (κ2) is 11.7. The van der Waals surface area contributed by atoms with Crippen LogP contribution in [0.15, 0.2) is 89.9 Å². The van der Waals surface area contributed by atoms with Crippen molar-refractivity contribution in [2.24, 2.45) is 0 Å². The summed E-state index contributed by atoms with van der Waals surface area (Å²) in [6, 6.07) is 20.4. The van der Waals surface area contributed by atoms with Gasteiger partial charge in [0.2, 0.25) is 5.43 Å². The SMILES string of the molecule is CN1C(=O)c2c(OCc3ccccc3)c(=O)ccn2N([C@H](c2ccccc2)c2cc(F)c(F)cc2O)[C@H]1CCI. The Balaban J connectivity index is 1.74. The molecule has 0 unspecified atom stereocenters. The number of phenolic OH excluding ortho intramolecular Hbond substituents is 1. The molecular weight excluding hydrogens is 631 g/mol.